The number of nitrogens with two attached hydrogens (primary N) is 2. The Kier molecular flexibility index (Phi) is 59.3. The van der Waals surface area contributed by atoms with Crippen molar-refractivity contribution in [2.24, 2.45) is 11.5 Å². The second kappa shape index (κ2) is 67.4. The van der Waals surface area contributed by atoms with Crippen LogP contribution in [0.2, 0.25) is 0 Å². The van der Waals surface area contributed by atoms with Gasteiger partial charge in [-0.1, -0.05) is 95.6 Å². The van der Waals surface area contributed by atoms with Gasteiger partial charge < -0.3 is 130 Å². The molecule has 0 fully saturated rings. The molecule has 0 bridgehead atoms. The number of hydrogen-bond acceptors (Lipinski definition) is 29. The molecule has 15 amide bonds. The van der Waals surface area contributed by atoms with Crippen LogP contribution in [-0.4, -0.2) is 335 Å². The SMILES string of the molecule is CCCCC(NC(=O)C(CCCCN(CC(=O)O)CC(=O)O)NC(=O)CCNC(=O)C(Cc1cnc[nH]1)NC(=O)C(CCC(N)=O)NC(=O)[C@H](CO)NC(=O)[C@H](CO)NC(=O)[C@H](CCC(N)=O)NC(=O)[C@@H](CO)NC(=O)CNC(=O)COCCOCCNC(=O)COCCOCCNC(=O)CCCCCCCCCCCCCCCc1nn[nH]n1)C(=O)NC. The normalized spacial score (nSPS) is 13.0. The van der Waals surface area contributed by atoms with Crippen molar-refractivity contribution in [1.29, 1.82) is 0 Å². The van der Waals surface area contributed by atoms with E-state index >= 15 is 0 Å². The Morgan fingerprint density at radius 2 is 0.863 bits per heavy atom. The molecule has 0 saturated heterocycles. The maximum absolute atomic E-state index is 14.1. The van der Waals surface area contributed by atoms with Gasteiger partial charge in [-0.05, 0) is 57.9 Å². The predicted octanol–water partition coefficient (Wildman–Crippen LogP) is -6.95. The summed E-state index contributed by atoms with van der Waals surface area (Å²) in [4.78, 5) is 226. The Balaban J connectivity index is 1.84. The van der Waals surface area contributed by atoms with Gasteiger partial charge in [-0.25, -0.2) is 4.98 Å². The minimum absolute atomic E-state index is 0.00183. The first-order valence-corrected chi connectivity index (χ1v) is 41.8. The van der Waals surface area contributed by atoms with E-state index in [0.717, 1.165) is 42.8 Å². The Bertz CT molecular complexity index is 3520. The lowest BCUT2D eigenvalue weighted by Crippen LogP contribution is -2.61. The summed E-state index contributed by atoms with van der Waals surface area (Å²) in [6.45, 7) is -3.60. The topological polar surface area (TPSA) is 723 Å². The van der Waals surface area contributed by atoms with Crippen molar-refractivity contribution < 1.29 is 126 Å². The highest BCUT2D eigenvalue weighted by Gasteiger charge is 2.35. The Morgan fingerprint density at radius 1 is 0.427 bits per heavy atom. The van der Waals surface area contributed by atoms with E-state index in [2.05, 4.69) is 99.7 Å². The molecule has 2 heterocycles. The number of carboxylic acid groups (broad SMARTS) is 2. The minimum Gasteiger partial charge on any atom is -0.480 e. The third-order valence-corrected chi connectivity index (χ3v) is 18.7. The number of nitrogens with zero attached hydrogens (tertiary/aromatic N) is 5. The van der Waals surface area contributed by atoms with Gasteiger partial charge in [0.15, 0.2) is 5.82 Å². The first kappa shape index (κ1) is 109. The van der Waals surface area contributed by atoms with E-state index in [4.69, 9.17) is 30.4 Å². The number of imidazole rings is 1. The molecule has 0 aliphatic carbocycles. The number of aliphatic hydroxyl groups is 3. The Morgan fingerprint density at radius 3 is 1.33 bits per heavy atom. The molecular weight excluding hydrogens is 1640 g/mol. The zero-order chi connectivity index (χ0) is 91.7. The molecule has 2 rings (SSSR count). The molecule has 4 unspecified atom stereocenters. The van der Waals surface area contributed by atoms with Gasteiger partial charge in [-0.3, -0.25) is 86.4 Å². The number of ether oxygens (including phenoxy) is 4. The van der Waals surface area contributed by atoms with Crippen molar-refractivity contribution in [2.45, 2.75) is 229 Å². The van der Waals surface area contributed by atoms with E-state index in [1.54, 1.807) is 0 Å². The van der Waals surface area contributed by atoms with Crippen LogP contribution in [0.15, 0.2) is 12.5 Å². The Hall–Kier alpha value is -11.0. The number of carboxylic acids is 2. The number of nitrogens with one attached hydrogen (secondary N) is 15. The average Bonchev–Trinajstić information content (AvgIpc) is 1.19. The smallest absolute Gasteiger partial charge is 0.317 e. The molecule has 0 aromatic carbocycles. The summed E-state index contributed by atoms with van der Waals surface area (Å²) in [6.07, 6.45) is 17.8. The largest absolute Gasteiger partial charge is 0.480 e. The molecule has 0 radical (unpaired) electrons. The summed E-state index contributed by atoms with van der Waals surface area (Å²) < 4.78 is 21.4. The fourth-order valence-electron chi connectivity index (χ4n) is 12.0. The number of aliphatic hydroxyl groups excluding tert-OH is 3. The van der Waals surface area contributed by atoms with Gasteiger partial charge in [0.1, 0.15) is 61.5 Å². The molecule has 48 heteroatoms. The third-order valence-electron chi connectivity index (χ3n) is 18.7. The number of aliphatic carboxylic acids is 2. The maximum atomic E-state index is 14.1. The van der Waals surface area contributed by atoms with Gasteiger partial charge in [0, 0.05) is 77.1 Å². The van der Waals surface area contributed by atoms with E-state index in [-0.39, 0.29) is 96.4 Å². The summed E-state index contributed by atoms with van der Waals surface area (Å²) in [5.74, 6) is -15.2. The molecule has 24 N–H and O–H groups in total. The molecule has 0 spiro atoms. The molecule has 0 aliphatic heterocycles. The highest BCUT2D eigenvalue weighted by atomic mass is 16.5. The Labute approximate surface area is 718 Å². The number of hydrogen-bond donors (Lipinski definition) is 22. The van der Waals surface area contributed by atoms with Crippen LogP contribution in [0.3, 0.4) is 0 Å². The van der Waals surface area contributed by atoms with Crippen molar-refractivity contribution in [1.82, 2.24) is 105 Å². The summed E-state index contributed by atoms with van der Waals surface area (Å²) in [7, 11) is 1.37. The van der Waals surface area contributed by atoms with Crippen LogP contribution in [0.25, 0.3) is 0 Å². The molecular formula is C76H130N22O26. The van der Waals surface area contributed by atoms with Crippen LogP contribution >= 0.6 is 0 Å². The quantitative estimate of drug-likeness (QED) is 0.0274. The van der Waals surface area contributed by atoms with Crippen LogP contribution in [-0.2, 0) is 113 Å². The number of aromatic amines is 2. The van der Waals surface area contributed by atoms with E-state index in [9.17, 15) is 107 Å². The zero-order valence-electron chi connectivity index (χ0n) is 70.8. The molecule has 0 saturated carbocycles. The number of aryl methyl sites for hydroxylation is 1. The summed E-state index contributed by atoms with van der Waals surface area (Å²) >= 11 is 0. The third kappa shape index (κ3) is 53.1. The summed E-state index contributed by atoms with van der Waals surface area (Å²) in [6, 6.07) is -13.2. The highest BCUT2D eigenvalue weighted by Crippen LogP contribution is 2.15. The number of aromatic nitrogens is 6. The number of primary amides is 2. The van der Waals surface area contributed by atoms with Crippen LogP contribution < -0.4 is 80.6 Å². The summed E-state index contributed by atoms with van der Waals surface area (Å²) in [5.41, 5.74) is 11.0. The second-order valence-corrected chi connectivity index (χ2v) is 29.0. The first-order valence-electron chi connectivity index (χ1n) is 41.8. The molecule has 2 aromatic heterocycles. The number of carbonyl (C=O) groups excluding carboxylic acids is 15. The molecule has 124 heavy (non-hydrogen) atoms. The van der Waals surface area contributed by atoms with Crippen molar-refractivity contribution in [3.8, 4) is 0 Å². The van der Waals surface area contributed by atoms with Gasteiger partial charge in [0.2, 0.25) is 88.6 Å². The lowest BCUT2D eigenvalue weighted by molar-refractivity contribution is -0.142. The van der Waals surface area contributed by atoms with Gasteiger partial charge in [0.05, 0.1) is 85.4 Å². The van der Waals surface area contributed by atoms with E-state index in [1.165, 1.54) is 77.4 Å². The second-order valence-electron chi connectivity index (χ2n) is 29.0. The zero-order valence-corrected chi connectivity index (χ0v) is 70.8. The van der Waals surface area contributed by atoms with Crippen molar-refractivity contribution in [2.75, 3.05) is 126 Å². The molecule has 700 valence electrons. The van der Waals surface area contributed by atoms with Gasteiger partial charge in [0.25, 0.3) is 0 Å². The van der Waals surface area contributed by atoms with Crippen molar-refractivity contribution in [3.63, 3.8) is 0 Å². The standard InChI is InChI=1S/C76H130N22O26/c1-3-4-20-51(69(113)79-2)88-71(115)52(21-18-19-32-98(42-67(109)110)43-68(111)112)86-63(105)28-29-83-70(114)55(39-50-40-80-49-85-50)91-72(116)53(24-26-59(77)102)90-75(119)57(45-100)93-76(120)58(46-101)92-73(117)54(25-27-60(78)103)89-74(118)56(44-99)87-64(106)41-84-66(108)48-124-38-36-122-34-31-82-65(107)47-123-37-35-121-33-30-81-62(104)23-17-15-13-11-9-7-5-6-8-10-12-14-16-22-61-94-96-97-95-61/h40,49,51-58,99-101H,3-39,41-48H2,1-2H3,(H2,77,102)(H2,78,103)(H,79,113)(H,80,85)(H,81,104)(H,82,107)(H,83,114)(H,84,108)(H,86,105)(H,87,106)(H,88,115)(H,89,118)(H,90,119)(H,91,116)(H,92,117)(H,93,120)(H,109,110)(H,111,112)(H,94,95,96,97)/t51?,52?,53?,54-,55?,56+,57-,58-/m0/s1. The van der Waals surface area contributed by atoms with Gasteiger partial charge in [-0.2, -0.15) is 5.21 Å². The van der Waals surface area contributed by atoms with Crippen molar-refractivity contribution >= 4 is 101 Å². The predicted molar refractivity (Wildman–Crippen MR) is 437 cm³/mol. The number of amides is 15. The molecule has 48 nitrogen and oxygen atoms in total. The highest BCUT2D eigenvalue weighted by molar-refractivity contribution is 5.98. The average molecular weight is 1770 g/mol. The molecule has 8 atom stereocenters. The number of tetrazole rings is 1. The first-order chi connectivity index (χ1) is 59.5. The maximum Gasteiger partial charge on any atom is 0.317 e. The minimum atomic E-state index is -2.01. The number of rotatable bonds is 76. The van der Waals surface area contributed by atoms with Gasteiger partial charge >= 0.3 is 11.9 Å². The number of unbranched alkanes of at least 4 members (excludes halogenated alkanes) is 14. The summed E-state index contributed by atoms with van der Waals surface area (Å²) in [5, 5.41) is 94.3. The molecule has 2 aromatic rings. The van der Waals surface area contributed by atoms with E-state index in [1.807, 2.05) is 6.92 Å². The van der Waals surface area contributed by atoms with E-state index < -0.39 is 228 Å². The fourth-order valence-corrected chi connectivity index (χ4v) is 12.0. The van der Waals surface area contributed by atoms with E-state index in [0.29, 0.717) is 32.4 Å². The van der Waals surface area contributed by atoms with Gasteiger partial charge in [-0.15, -0.1) is 10.2 Å². The molecule has 0 aliphatic rings. The van der Waals surface area contributed by atoms with Crippen LogP contribution in [0, 0.1) is 0 Å². The van der Waals surface area contributed by atoms with Crippen molar-refractivity contribution in [3.05, 3.63) is 24.0 Å². The fraction of sp³-hybridized carbons (Fsp3) is 0.724. The monoisotopic (exact) mass is 1770 g/mol. The number of likely N-dealkylation sites (N-methyl/N-ethyl adjacent to an activating group) is 1. The van der Waals surface area contributed by atoms with Crippen LogP contribution in [0.5, 0.6) is 0 Å². The van der Waals surface area contributed by atoms with Crippen LogP contribution in [0.4, 0.5) is 0 Å². The van der Waals surface area contributed by atoms with Crippen LogP contribution in [0.1, 0.15) is 179 Å². The lowest BCUT2D eigenvalue weighted by Gasteiger charge is -2.26. The number of H-pyrrole nitrogens is 2. The number of carbonyl (C=O) groups is 17. The lowest BCUT2D eigenvalue weighted by atomic mass is 10.0.